The zero-order valence-corrected chi connectivity index (χ0v) is 11.2. The van der Waals surface area contributed by atoms with E-state index in [1.807, 2.05) is 11.4 Å². The highest BCUT2D eigenvalue weighted by molar-refractivity contribution is 7.07. The molecule has 0 spiro atoms. The van der Waals surface area contributed by atoms with Gasteiger partial charge in [0, 0.05) is 15.4 Å². The number of rotatable bonds is 4. The molecule has 17 heavy (non-hydrogen) atoms. The van der Waals surface area contributed by atoms with Gasteiger partial charge in [0.05, 0.1) is 17.2 Å². The van der Waals surface area contributed by atoms with E-state index < -0.39 is 0 Å². The Morgan fingerprint density at radius 1 is 1.41 bits per heavy atom. The first kappa shape index (κ1) is 12.8. The number of thiazole rings is 1. The number of hydrogen-bond acceptors (Lipinski definition) is 4. The van der Waals surface area contributed by atoms with Crippen molar-refractivity contribution in [3.05, 3.63) is 50.4 Å². The van der Waals surface area contributed by atoms with Crippen LogP contribution in [-0.2, 0) is 6.42 Å². The van der Waals surface area contributed by atoms with Crippen LogP contribution in [0.1, 0.15) is 17.3 Å². The molecule has 0 radical (unpaired) electrons. The maximum Gasteiger partial charge on any atom is 0.0795 e. The molecule has 2 rings (SSSR count). The third-order valence-electron chi connectivity index (χ3n) is 2.44. The average molecular weight is 288 g/mol. The van der Waals surface area contributed by atoms with E-state index in [2.05, 4.69) is 10.4 Å². The molecular weight excluding hydrogens is 277 g/mol. The Kier molecular flexibility index (Phi) is 4.36. The molecule has 6 heteroatoms. The van der Waals surface area contributed by atoms with Crippen molar-refractivity contribution >= 4 is 34.5 Å². The Morgan fingerprint density at radius 2 is 2.24 bits per heavy atom. The van der Waals surface area contributed by atoms with Crippen LogP contribution in [0.3, 0.4) is 0 Å². The van der Waals surface area contributed by atoms with E-state index >= 15 is 0 Å². The fraction of sp³-hybridized carbons (Fsp3) is 0.182. The molecule has 90 valence electrons. The van der Waals surface area contributed by atoms with Gasteiger partial charge in [-0.25, -0.2) is 4.98 Å². The quantitative estimate of drug-likeness (QED) is 0.671. The summed E-state index contributed by atoms with van der Waals surface area (Å²) in [7, 11) is 0. The molecule has 1 aromatic heterocycles. The second-order valence-electron chi connectivity index (χ2n) is 3.57. The second-order valence-corrected chi connectivity index (χ2v) is 5.13. The minimum Gasteiger partial charge on any atom is -0.271 e. The first-order valence-electron chi connectivity index (χ1n) is 4.99. The summed E-state index contributed by atoms with van der Waals surface area (Å²) in [5.74, 6) is 5.54. The second kappa shape index (κ2) is 5.80. The van der Waals surface area contributed by atoms with Gasteiger partial charge >= 0.3 is 0 Å². The minimum absolute atomic E-state index is 0.0581. The number of nitrogens with one attached hydrogen (secondary N) is 1. The molecule has 0 saturated carbocycles. The highest BCUT2D eigenvalue weighted by Gasteiger charge is 2.14. The van der Waals surface area contributed by atoms with Gasteiger partial charge in [0.1, 0.15) is 0 Å². The molecule has 0 saturated heterocycles. The van der Waals surface area contributed by atoms with Gasteiger partial charge in [0.25, 0.3) is 0 Å². The Labute approximate surface area is 114 Å². The average Bonchev–Trinajstić information content (AvgIpc) is 2.84. The number of hydrazine groups is 1. The Hall–Kier alpha value is -0.650. The smallest absolute Gasteiger partial charge is 0.0795 e. The van der Waals surface area contributed by atoms with Gasteiger partial charge in [0.2, 0.25) is 0 Å². The lowest BCUT2D eigenvalue weighted by molar-refractivity contribution is 0.541. The lowest BCUT2D eigenvalue weighted by Gasteiger charge is -2.14. The van der Waals surface area contributed by atoms with Crippen molar-refractivity contribution in [3.8, 4) is 0 Å². The highest BCUT2D eigenvalue weighted by Crippen LogP contribution is 2.25. The molecule has 3 N–H and O–H groups in total. The predicted molar refractivity (Wildman–Crippen MR) is 72.3 cm³/mol. The van der Waals surface area contributed by atoms with E-state index in [1.165, 1.54) is 11.3 Å². The standard InChI is InChI=1S/C11H11Cl2N3S/c12-8-1-2-9(13)7(3-8)4-10(16-14)11-5-17-6-15-11/h1-3,5-6,10,16H,4,14H2. The van der Waals surface area contributed by atoms with Gasteiger partial charge in [-0.15, -0.1) is 11.3 Å². The fourth-order valence-corrected chi connectivity index (χ4v) is 2.56. The molecule has 0 aliphatic heterocycles. The molecular formula is C11H11Cl2N3S. The summed E-state index contributed by atoms with van der Waals surface area (Å²) in [6.07, 6.45) is 0.652. The van der Waals surface area contributed by atoms with Crippen LogP contribution >= 0.6 is 34.5 Å². The van der Waals surface area contributed by atoms with Gasteiger partial charge < -0.3 is 0 Å². The van der Waals surface area contributed by atoms with E-state index in [0.717, 1.165) is 11.3 Å². The first-order chi connectivity index (χ1) is 8.20. The summed E-state index contributed by atoms with van der Waals surface area (Å²) < 4.78 is 0. The van der Waals surface area contributed by atoms with E-state index in [-0.39, 0.29) is 6.04 Å². The third-order valence-corrected chi connectivity index (χ3v) is 3.65. The van der Waals surface area contributed by atoms with Gasteiger partial charge in [-0.05, 0) is 30.2 Å². The predicted octanol–water partition coefficient (Wildman–Crippen LogP) is 3.20. The molecule has 3 nitrogen and oxygen atoms in total. The fourth-order valence-electron chi connectivity index (χ4n) is 1.56. The van der Waals surface area contributed by atoms with E-state index in [0.29, 0.717) is 16.5 Å². The maximum absolute atomic E-state index is 6.11. The van der Waals surface area contributed by atoms with Crippen molar-refractivity contribution in [2.75, 3.05) is 0 Å². The van der Waals surface area contributed by atoms with Crippen LogP contribution in [0.5, 0.6) is 0 Å². The highest BCUT2D eigenvalue weighted by atomic mass is 35.5. The number of hydrogen-bond donors (Lipinski definition) is 2. The molecule has 0 aliphatic rings. The molecule has 1 unspecified atom stereocenters. The van der Waals surface area contributed by atoms with E-state index in [9.17, 15) is 0 Å². The third kappa shape index (κ3) is 3.18. The van der Waals surface area contributed by atoms with Crippen molar-refractivity contribution in [2.45, 2.75) is 12.5 Å². The van der Waals surface area contributed by atoms with Gasteiger partial charge in [0.15, 0.2) is 0 Å². The van der Waals surface area contributed by atoms with Gasteiger partial charge in [-0.3, -0.25) is 11.3 Å². The van der Waals surface area contributed by atoms with E-state index in [1.54, 1.807) is 17.6 Å². The minimum atomic E-state index is -0.0581. The van der Waals surface area contributed by atoms with Crippen molar-refractivity contribution in [2.24, 2.45) is 5.84 Å². The Morgan fingerprint density at radius 3 is 2.88 bits per heavy atom. The summed E-state index contributed by atoms with van der Waals surface area (Å²) in [6, 6.07) is 5.34. The molecule has 1 heterocycles. The summed E-state index contributed by atoms with van der Waals surface area (Å²) in [4.78, 5) is 4.24. The molecule has 0 aliphatic carbocycles. The summed E-state index contributed by atoms with van der Waals surface area (Å²) >= 11 is 13.6. The molecule has 1 aromatic carbocycles. The molecule has 1 atom stereocenters. The van der Waals surface area contributed by atoms with Crippen LogP contribution in [0.2, 0.25) is 10.0 Å². The monoisotopic (exact) mass is 287 g/mol. The zero-order valence-electron chi connectivity index (χ0n) is 8.86. The number of benzene rings is 1. The van der Waals surface area contributed by atoms with Crippen molar-refractivity contribution in [1.29, 1.82) is 0 Å². The van der Waals surface area contributed by atoms with Gasteiger partial charge in [-0.2, -0.15) is 0 Å². The normalized spacial score (nSPS) is 12.6. The van der Waals surface area contributed by atoms with Gasteiger partial charge in [-0.1, -0.05) is 23.2 Å². The molecule has 2 aromatic rings. The number of aromatic nitrogens is 1. The SMILES string of the molecule is NNC(Cc1cc(Cl)ccc1Cl)c1cscn1. The lowest BCUT2D eigenvalue weighted by atomic mass is 10.0. The van der Waals surface area contributed by atoms with Crippen LogP contribution in [0.4, 0.5) is 0 Å². The Bertz CT molecular complexity index is 487. The summed E-state index contributed by atoms with van der Waals surface area (Å²) in [5, 5.41) is 3.31. The van der Waals surface area contributed by atoms with Crippen LogP contribution in [0, 0.1) is 0 Å². The Balaban J connectivity index is 2.21. The molecule has 0 fully saturated rings. The zero-order chi connectivity index (χ0) is 12.3. The summed E-state index contributed by atoms with van der Waals surface area (Å²) in [5.41, 5.74) is 6.38. The van der Waals surface area contributed by atoms with Crippen LogP contribution in [-0.4, -0.2) is 4.98 Å². The number of halogens is 2. The van der Waals surface area contributed by atoms with E-state index in [4.69, 9.17) is 29.0 Å². The van der Waals surface area contributed by atoms with Crippen LogP contribution in [0.25, 0.3) is 0 Å². The molecule has 0 bridgehead atoms. The van der Waals surface area contributed by atoms with Crippen molar-refractivity contribution in [3.63, 3.8) is 0 Å². The topological polar surface area (TPSA) is 50.9 Å². The van der Waals surface area contributed by atoms with Crippen LogP contribution < -0.4 is 11.3 Å². The number of nitrogens with two attached hydrogens (primary N) is 1. The largest absolute Gasteiger partial charge is 0.271 e. The lowest BCUT2D eigenvalue weighted by Crippen LogP contribution is -2.29. The van der Waals surface area contributed by atoms with Crippen molar-refractivity contribution < 1.29 is 0 Å². The molecule has 0 amide bonds. The maximum atomic E-state index is 6.11. The summed E-state index contributed by atoms with van der Waals surface area (Å²) in [6.45, 7) is 0. The number of nitrogens with zero attached hydrogens (tertiary/aromatic N) is 1. The van der Waals surface area contributed by atoms with Crippen molar-refractivity contribution in [1.82, 2.24) is 10.4 Å². The first-order valence-corrected chi connectivity index (χ1v) is 6.68. The van der Waals surface area contributed by atoms with Crippen LogP contribution in [0.15, 0.2) is 29.1 Å².